The van der Waals surface area contributed by atoms with E-state index in [4.69, 9.17) is 0 Å². The van der Waals surface area contributed by atoms with Gasteiger partial charge in [0.1, 0.15) is 0 Å². The van der Waals surface area contributed by atoms with Gasteiger partial charge >= 0.3 is 0 Å². The zero-order chi connectivity index (χ0) is 9.14. The van der Waals surface area contributed by atoms with Gasteiger partial charge in [-0.15, -0.1) is 0 Å². The van der Waals surface area contributed by atoms with Crippen LogP contribution in [0.15, 0.2) is 28.0 Å². The van der Waals surface area contributed by atoms with Crippen molar-refractivity contribution < 1.29 is 0 Å². The van der Waals surface area contributed by atoms with E-state index >= 15 is 0 Å². The van der Waals surface area contributed by atoms with Crippen LogP contribution in [0.25, 0.3) is 0 Å². The molecule has 1 heterocycles. The Morgan fingerprint density at radius 3 is 2.67 bits per heavy atom. The lowest BCUT2D eigenvalue weighted by Crippen LogP contribution is -2.38. The zero-order valence-electron chi connectivity index (χ0n) is 7.19. The third kappa shape index (κ3) is 2.70. The Morgan fingerprint density at radius 1 is 1.50 bits per heavy atom. The highest BCUT2D eigenvalue weighted by atomic mass is 79.9. The molecule has 0 bridgehead atoms. The smallest absolute Gasteiger partial charge is 0.200 e. The Hall–Kier alpha value is -0.770. The molecule has 0 aromatic rings. The van der Waals surface area contributed by atoms with Gasteiger partial charge in [0.25, 0.3) is 0 Å². The summed E-state index contributed by atoms with van der Waals surface area (Å²) < 4.78 is 0.880. The Balaban J connectivity index is 2.74. The van der Waals surface area contributed by atoms with Crippen LogP contribution in [0.2, 0.25) is 0 Å². The quantitative estimate of drug-likeness (QED) is 0.672. The maximum atomic E-state index is 4.30. The third-order valence-electron chi connectivity index (χ3n) is 1.21. The Bertz CT molecular complexity index is 253. The monoisotopic (exact) mass is 229 g/mol. The first-order valence-corrected chi connectivity index (χ1v) is 4.55. The Labute approximate surface area is 80.8 Å². The molecule has 1 rings (SSSR count). The second-order valence-electron chi connectivity index (χ2n) is 2.84. The first-order chi connectivity index (χ1) is 5.58. The fourth-order valence-electron chi connectivity index (χ4n) is 0.844. The van der Waals surface area contributed by atoms with E-state index in [2.05, 4.69) is 38.1 Å². The number of rotatable bonds is 1. The van der Waals surface area contributed by atoms with Crippen molar-refractivity contribution in [3.05, 3.63) is 23.0 Å². The van der Waals surface area contributed by atoms with E-state index in [1.54, 1.807) is 0 Å². The SMILES string of the molecule is C=C1C=C(Br)NC(=NC(C)C)N1. The van der Waals surface area contributed by atoms with E-state index in [9.17, 15) is 0 Å². The topological polar surface area (TPSA) is 36.4 Å². The van der Waals surface area contributed by atoms with Crippen molar-refractivity contribution in [3.63, 3.8) is 0 Å². The summed E-state index contributed by atoms with van der Waals surface area (Å²) in [6.07, 6.45) is 1.86. The first kappa shape index (κ1) is 9.32. The molecule has 66 valence electrons. The van der Waals surface area contributed by atoms with Crippen LogP contribution in [0.3, 0.4) is 0 Å². The van der Waals surface area contributed by atoms with Gasteiger partial charge in [-0.3, -0.25) is 0 Å². The van der Waals surface area contributed by atoms with Crippen LogP contribution in [-0.4, -0.2) is 12.0 Å². The highest BCUT2D eigenvalue weighted by molar-refractivity contribution is 9.11. The van der Waals surface area contributed by atoms with Gasteiger partial charge in [0.2, 0.25) is 5.96 Å². The van der Waals surface area contributed by atoms with Crippen molar-refractivity contribution in [1.82, 2.24) is 10.6 Å². The maximum absolute atomic E-state index is 4.30. The fraction of sp³-hybridized carbons (Fsp3) is 0.375. The summed E-state index contributed by atoms with van der Waals surface area (Å²) in [6.45, 7) is 7.82. The second-order valence-corrected chi connectivity index (χ2v) is 3.69. The molecule has 0 saturated heterocycles. The number of nitrogens with one attached hydrogen (secondary N) is 2. The molecule has 2 N–H and O–H groups in total. The van der Waals surface area contributed by atoms with Crippen LogP contribution in [0, 0.1) is 0 Å². The molecule has 0 saturated carbocycles. The minimum atomic E-state index is 0.270. The molecule has 0 aliphatic carbocycles. The van der Waals surface area contributed by atoms with Crippen LogP contribution in [0.4, 0.5) is 0 Å². The van der Waals surface area contributed by atoms with E-state index < -0.39 is 0 Å². The van der Waals surface area contributed by atoms with Gasteiger partial charge in [0.05, 0.1) is 4.61 Å². The van der Waals surface area contributed by atoms with Crippen LogP contribution in [0.1, 0.15) is 13.8 Å². The third-order valence-corrected chi connectivity index (χ3v) is 1.63. The molecule has 12 heavy (non-hydrogen) atoms. The fourth-order valence-corrected chi connectivity index (χ4v) is 1.31. The number of hydrogen-bond acceptors (Lipinski definition) is 1. The first-order valence-electron chi connectivity index (χ1n) is 3.76. The molecule has 0 aromatic carbocycles. The summed E-state index contributed by atoms with van der Waals surface area (Å²) in [7, 11) is 0. The molecule has 0 amide bonds. The molecule has 0 fully saturated rings. The minimum Gasteiger partial charge on any atom is -0.327 e. The second kappa shape index (κ2) is 3.76. The van der Waals surface area contributed by atoms with E-state index in [0.29, 0.717) is 0 Å². The van der Waals surface area contributed by atoms with E-state index in [-0.39, 0.29) is 6.04 Å². The molecule has 0 radical (unpaired) electrons. The molecule has 1 aliphatic rings. The predicted molar refractivity (Wildman–Crippen MR) is 55.0 cm³/mol. The molecule has 1 aliphatic heterocycles. The summed E-state index contributed by atoms with van der Waals surface area (Å²) >= 11 is 3.33. The lowest BCUT2D eigenvalue weighted by Gasteiger charge is -2.18. The molecule has 4 heteroatoms. The average Bonchev–Trinajstić information content (AvgIpc) is 1.81. The number of hydrogen-bond donors (Lipinski definition) is 2. The molecule has 3 nitrogen and oxygen atoms in total. The number of guanidine groups is 1. The van der Waals surface area contributed by atoms with Crippen LogP contribution in [0.5, 0.6) is 0 Å². The van der Waals surface area contributed by atoms with Crippen molar-refractivity contribution in [3.8, 4) is 0 Å². The highest BCUT2D eigenvalue weighted by Crippen LogP contribution is 2.07. The summed E-state index contributed by atoms with van der Waals surface area (Å²) in [5.41, 5.74) is 0.833. The molecule has 0 unspecified atom stereocenters. The summed E-state index contributed by atoms with van der Waals surface area (Å²) in [5.74, 6) is 0.740. The predicted octanol–water partition coefficient (Wildman–Crippen LogP) is 1.69. The Kier molecular flexibility index (Phi) is 2.92. The molecule has 0 atom stereocenters. The van der Waals surface area contributed by atoms with Gasteiger partial charge in [-0.2, -0.15) is 0 Å². The highest BCUT2D eigenvalue weighted by Gasteiger charge is 2.07. The van der Waals surface area contributed by atoms with Crippen LogP contribution in [-0.2, 0) is 0 Å². The number of aliphatic imine (C=N–C) groups is 1. The maximum Gasteiger partial charge on any atom is 0.200 e. The van der Waals surface area contributed by atoms with E-state index in [1.807, 2.05) is 19.9 Å². The summed E-state index contributed by atoms with van der Waals surface area (Å²) in [4.78, 5) is 4.30. The standard InChI is InChI=1S/C8H12BrN3/c1-5(2)10-8-11-6(3)4-7(9)12-8/h4-5H,3H2,1-2H3,(H2,10,11,12). The van der Waals surface area contributed by atoms with Gasteiger partial charge < -0.3 is 10.6 Å². The molecule has 0 spiro atoms. The van der Waals surface area contributed by atoms with Crippen LogP contribution >= 0.6 is 15.9 Å². The molecule has 0 aromatic heterocycles. The largest absolute Gasteiger partial charge is 0.327 e. The van der Waals surface area contributed by atoms with Crippen molar-refractivity contribution in [2.24, 2.45) is 4.99 Å². The normalized spacial score (nSPS) is 20.5. The van der Waals surface area contributed by atoms with Gasteiger partial charge in [-0.05, 0) is 35.9 Å². The van der Waals surface area contributed by atoms with Crippen molar-refractivity contribution >= 4 is 21.9 Å². The minimum absolute atomic E-state index is 0.270. The number of halogens is 1. The summed E-state index contributed by atoms with van der Waals surface area (Å²) in [5, 5.41) is 6.05. The van der Waals surface area contributed by atoms with Crippen molar-refractivity contribution in [2.45, 2.75) is 19.9 Å². The molecular formula is C8H12BrN3. The van der Waals surface area contributed by atoms with Gasteiger partial charge in [-0.1, -0.05) is 6.58 Å². The van der Waals surface area contributed by atoms with E-state index in [1.165, 1.54) is 0 Å². The lowest BCUT2D eigenvalue weighted by molar-refractivity contribution is 0.811. The Morgan fingerprint density at radius 2 is 2.17 bits per heavy atom. The van der Waals surface area contributed by atoms with E-state index in [0.717, 1.165) is 16.3 Å². The van der Waals surface area contributed by atoms with Gasteiger partial charge in [0, 0.05) is 11.7 Å². The molecular weight excluding hydrogens is 218 g/mol. The van der Waals surface area contributed by atoms with Crippen molar-refractivity contribution in [2.75, 3.05) is 0 Å². The number of allylic oxidation sites excluding steroid dienone is 1. The lowest BCUT2D eigenvalue weighted by atomic mass is 10.4. The van der Waals surface area contributed by atoms with Gasteiger partial charge in [0.15, 0.2) is 0 Å². The van der Waals surface area contributed by atoms with Crippen molar-refractivity contribution in [1.29, 1.82) is 0 Å². The van der Waals surface area contributed by atoms with Gasteiger partial charge in [-0.25, -0.2) is 4.99 Å². The van der Waals surface area contributed by atoms with Crippen LogP contribution < -0.4 is 10.6 Å². The number of nitrogens with zero attached hydrogens (tertiary/aromatic N) is 1. The summed E-state index contributed by atoms with van der Waals surface area (Å²) in [6, 6.07) is 0.270. The zero-order valence-corrected chi connectivity index (χ0v) is 8.77. The average molecular weight is 230 g/mol.